The first-order valence-electron chi connectivity index (χ1n) is 6.02. The van der Waals surface area contributed by atoms with Crippen molar-refractivity contribution in [3.05, 3.63) is 70.8 Å². The number of H-pyrrole nitrogens is 1. The molecule has 3 aromatic rings. The number of hydrogen-bond acceptors (Lipinski definition) is 3. The maximum absolute atomic E-state index is 11.6. The summed E-state index contributed by atoms with van der Waals surface area (Å²) in [7, 11) is 0. The summed E-state index contributed by atoms with van der Waals surface area (Å²) in [6.07, 6.45) is 3.50. The maximum Gasteiger partial charge on any atom is 0.266 e. The smallest absolute Gasteiger partial charge is 0.266 e. The molecule has 2 aromatic heterocycles. The molecule has 1 N–H and O–H groups in total. The van der Waals surface area contributed by atoms with Crippen molar-refractivity contribution < 1.29 is 0 Å². The largest absolute Gasteiger partial charge is 0.321 e. The normalized spacial score (nSPS) is 10.2. The van der Waals surface area contributed by atoms with Crippen LogP contribution >= 0.6 is 0 Å². The summed E-state index contributed by atoms with van der Waals surface area (Å²) in [4.78, 5) is 14.3. The van der Waals surface area contributed by atoms with Gasteiger partial charge in [-0.25, -0.2) is 4.68 Å². The van der Waals surface area contributed by atoms with Crippen LogP contribution in [0.1, 0.15) is 5.56 Å². The lowest BCUT2D eigenvalue weighted by Crippen LogP contribution is -2.09. The zero-order valence-corrected chi connectivity index (χ0v) is 10.4. The Morgan fingerprint density at radius 1 is 1.15 bits per heavy atom. The number of nitrogens with one attached hydrogen (secondary N) is 1. The van der Waals surface area contributed by atoms with Gasteiger partial charge in [0, 0.05) is 11.8 Å². The van der Waals surface area contributed by atoms with Crippen LogP contribution in [0.5, 0.6) is 0 Å². The molecule has 0 aliphatic heterocycles. The van der Waals surface area contributed by atoms with E-state index in [0.717, 1.165) is 11.3 Å². The highest BCUT2D eigenvalue weighted by Gasteiger charge is 2.06. The van der Waals surface area contributed by atoms with Crippen molar-refractivity contribution in [1.82, 2.24) is 14.8 Å². The molecule has 0 bridgehead atoms. The Kier molecular flexibility index (Phi) is 2.90. The van der Waals surface area contributed by atoms with E-state index in [-0.39, 0.29) is 5.56 Å². The van der Waals surface area contributed by atoms with E-state index >= 15 is 0 Å². The first kappa shape index (κ1) is 11.9. The third-order valence-corrected chi connectivity index (χ3v) is 2.94. The number of nitrogens with zero attached hydrogens (tertiary/aromatic N) is 3. The van der Waals surface area contributed by atoms with Gasteiger partial charge in [-0.1, -0.05) is 18.2 Å². The van der Waals surface area contributed by atoms with E-state index in [4.69, 9.17) is 5.26 Å². The third kappa shape index (κ3) is 2.10. The van der Waals surface area contributed by atoms with Crippen LogP contribution < -0.4 is 5.56 Å². The molecule has 3 rings (SSSR count). The van der Waals surface area contributed by atoms with Crippen LogP contribution in [0.3, 0.4) is 0 Å². The average Bonchev–Trinajstić information content (AvgIpc) is 2.98. The summed E-state index contributed by atoms with van der Waals surface area (Å²) < 4.78 is 1.73. The number of aromatic nitrogens is 3. The van der Waals surface area contributed by atoms with Crippen molar-refractivity contribution in [3.63, 3.8) is 0 Å². The number of pyridine rings is 1. The molecule has 20 heavy (non-hydrogen) atoms. The van der Waals surface area contributed by atoms with Gasteiger partial charge in [0.05, 0.1) is 17.6 Å². The second-order valence-electron chi connectivity index (χ2n) is 4.24. The molecule has 0 saturated carbocycles. The van der Waals surface area contributed by atoms with Crippen molar-refractivity contribution in [2.24, 2.45) is 0 Å². The highest BCUT2D eigenvalue weighted by molar-refractivity contribution is 5.58. The van der Waals surface area contributed by atoms with Gasteiger partial charge in [0.15, 0.2) is 0 Å². The summed E-state index contributed by atoms with van der Waals surface area (Å²) in [5.41, 5.74) is 2.07. The summed E-state index contributed by atoms with van der Waals surface area (Å²) in [6.45, 7) is 0. The number of rotatable bonds is 2. The topological polar surface area (TPSA) is 74.5 Å². The van der Waals surface area contributed by atoms with Crippen LogP contribution in [-0.2, 0) is 0 Å². The Morgan fingerprint density at radius 2 is 1.95 bits per heavy atom. The van der Waals surface area contributed by atoms with E-state index in [1.807, 2.05) is 42.6 Å². The van der Waals surface area contributed by atoms with Crippen LogP contribution in [-0.4, -0.2) is 14.8 Å². The summed E-state index contributed by atoms with van der Waals surface area (Å²) >= 11 is 0. The average molecular weight is 262 g/mol. The van der Waals surface area contributed by atoms with Crippen LogP contribution in [0.2, 0.25) is 0 Å². The number of benzene rings is 1. The number of nitriles is 1. The fraction of sp³-hybridized carbons (Fsp3) is 0. The SMILES string of the molecule is N#Cc1ccc(-c2cnn(-c3ccccc3)c2)[nH]c1=O. The van der Waals surface area contributed by atoms with Crippen LogP contribution in [0.25, 0.3) is 16.9 Å². The van der Waals surface area contributed by atoms with Gasteiger partial charge in [0.2, 0.25) is 0 Å². The van der Waals surface area contributed by atoms with Gasteiger partial charge in [-0.15, -0.1) is 0 Å². The Hall–Kier alpha value is -3.13. The monoisotopic (exact) mass is 262 g/mol. The van der Waals surface area contributed by atoms with Crippen molar-refractivity contribution in [2.45, 2.75) is 0 Å². The van der Waals surface area contributed by atoms with Crippen LogP contribution in [0.4, 0.5) is 0 Å². The molecule has 5 heteroatoms. The highest BCUT2D eigenvalue weighted by Crippen LogP contribution is 2.16. The van der Waals surface area contributed by atoms with Gasteiger partial charge in [0.1, 0.15) is 11.6 Å². The lowest BCUT2D eigenvalue weighted by Gasteiger charge is -1.99. The Balaban J connectivity index is 2.01. The molecule has 96 valence electrons. The Bertz CT molecular complexity index is 840. The van der Waals surface area contributed by atoms with Gasteiger partial charge in [0.25, 0.3) is 5.56 Å². The standard InChI is InChI=1S/C15H10N4O/c16-8-11-6-7-14(18-15(11)20)12-9-17-19(10-12)13-4-2-1-3-5-13/h1-7,9-10H,(H,18,20). The minimum absolute atomic E-state index is 0.101. The molecule has 0 aliphatic carbocycles. The molecule has 0 amide bonds. The van der Waals surface area contributed by atoms with E-state index in [0.29, 0.717) is 5.69 Å². The third-order valence-electron chi connectivity index (χ3n) is 2.94. The molecule has 0 unspecified atom stereocenters. The molecule has 0 aliphatic rings. The zero-order valence-electron chi connectivity index (χ0n) is 10.4. The Morgan fingerprint density at radius 3 is 2.65 bits per heavy atom. The molecular formula is C15H10N4O. The fourth-order valence-corrected chi connectivity index (χ4v) is 1.91. The van der Waals surface area contributed by atoms with Crippen molar-refractivity contribution in [1.29, 1.82) is 5.26 Å². The van der Waals surface area contributed by atoms with Gasteiger partial charge in [-0.05, 0) is 24.3 Å². The minimum Gasteiger partial charge on any atom is -0.321 e. The molecule has 0 radical (unpaired) electrons. The fourth-order valence-electron chi connectivity index (χ4n) is 1.91. The predicted octanol–water partition coefficient (Wildman–Crippen LogP) is 2.10. The summed E-state index contributed by atoms with van der Waals surface area (Å²) in [6, 6.07) is 14.7. The van der Waals surface area contributed by atoms with Gasteiger partial charge in [-0.3, -0.25) is 4.79 Å². The number of hydrogen-bond donors (Lipinski definition) is 1. The predicted molar refractivity (Wildman–Crippen MR) is 74.3 cm³/mol. The first-order chi connectivity index (χ1) is 9.78. The first-order valence-corrected chi connectivity index (χ1v) is 6.02. The highest BCUT2D eigenvalue weighted by atomic mass is 16.1. The number of para-hydroxylation sites is 1. The van der Waals surface area contributed by atoms with Crippen LogP contribution in [0.15, 0.2) is 59.7 Å². The molecule has 0 spiro atoms. The van der Waals surface area contributed by atoms with Gasteiger partial charge in [-0.2, -0.15) is 10.4 Å². The van der Waals surface area contributed by atoms with Crippen molar-refractivity contribution in [2.75, 3.05) is 0 Å². The molecule has 0 saturated heterocycles. The lowest BCUT2D eigenvalue weighted by atomic mass is 10.2. The van der Waals surface area contributed by atoms with Crippen LogP contribution in [0, 0.1) is 11.3 Å². The molecular weight excluding hydrogens is 252 g/mol. The maximum atomic E-state index is 11.6. The van der Waals surface area contributed by atoms with E-state index in [2.05, 4.69) is 10.1 Å². The molecule has 0 fully saturated rings. The molecule has 2 heterocycles. The van der Waals surface area contributed by atoms with Gasteiger partial charge < -0.3 is 4.98 Å². The minimum atomic E-state index is -0.391. The van der Waals surface area contributed by atoms with Crippen molar-refractivity contribution in [3.8, 4) is 23.0 Å². The summed E-state index contributed by atoms with van der Waals surface area (Å²) in [5, 5.41) is 13.0. The zero-order chi connectivity index (χ0) is 13.9. The molecule has 0 atom stereocenters. The second kappa shape index (κ2) is 4.86. The molecule has 5 nitrogen and oxygen atoms in total. The van der Waals surface area contributed by atoms with E-state index in [9.17, 15) is 4.79 Å². The quantitative estimate of drug-likeness (QED) is 0.768. The van der Waals surface area contributed by atoms with Crippen molar-refractivity contribution >= 4 is 0 Å². The lowest BCUT2D eigenvalue weighted by molar-refractivity contribution is 0.880. The van der Waals surface area contributed by atoms with E-state index < -0.39 is 5.56 Å². The van der Waals surface area contributed by atoms with E-state index in [1.165, 1.54) is 6.07 Å². The van der Waals surface area contributed by atoms with Gasteiger partial charge >= 0.3 is 0 Å². The van der Waals surface area contributed by atoms with E-state index in [1.54, 1.807) is 16.9 Å². The second-order valence-corrected chi connectivity index (χ2v) is 4.24. The molecule has 1 aromatic carbocycles. The summed E-state index contributed by atoms with van der Waals surface area (Å²) in [5.74, 6) is 0. The number of aromatic amines is 1. The Labute approximate surface area is 114 Å².